The Morgan fingerprint density at radius 1 is 1.00 bits per heavy atom. The highest BCUT2D eigenvalue weighted by Gasteiger charge is 2.41. The van der Waals surface area contributed by atoms with Crippen molar-refractivity contribution in [3.63, 3.8) is 0 Å². The fraction of sp³-hybridized carbons (Fsp3) is 0.452. The van der Waals surface area contributed by atoms with E-state index in [0.717, 1.165) is 38.9 Å². The molecule has 0 saturated carbocycles. The van der Waals surface area contributed by atoms with Crippen LogP contribution >= 0.6 is 0 Å². The lowest BCUT2D eigenvalue weighted by Gasteiger charge is -2.35. The molecule has 0 fully saturated rings. The maximum Gasteiger partial charge on any atom is 0.316 e. The van der Waals surface area contributed by atoms with Crippen LogP contribution in [0.2, 0.25) is 0 Å². The molecule has 2 atom stereocenters. The summed E-state index contributed by atoms with van der Waals surface area (Å²) >= 11 is 0. The van der Waals surface area contributed by atoms with E-state index >= 15 is 0 Å². The first kappa shape index (κ1) is 40.7. The summed E-state index contributed by atoms with van der Waals surface area (Å²) < 4.78 is 49.2. The lowest BCUT2D eigenvalue weighted by Crippen LogP contribution is -2.38. The minimum Gasteiger partial charge on any atom is -0.488 e. The predicted molar refractivity (Wildman–Crippen MR) is 215 cm³/mol. The Morgan fingerprint density at radius 3 is 2.43 bits per heavy atom. The van der Waals surface area contributed by atoms with E-state index in [1.165, 1.54) is 16.7 Å². The second-order valence-corrected chi connectivity index (χ2v) is 17.7. The van der Waals surface area contributed by atoms with Crippen molar-refractivity contribution < 1.29 is 27.4 Å². The summed E-state index contributed by atoms with van der Waals surface area (Å²) in [5.74, 6) is -0.381. The number of nitrogens with one attached hydrogen (secondary N) is 1. The van der Waals surface area contributed by atoms with E-state index in [1.54, 1.807) is 24.3 Å². The highest BCUT2D eigenvalue weighted by atomic mass is 32.2. The summed E-state index contributed by atoms with van der Waals surface area (Å²) in [6.07, 6.45) is 3.37. The number of para-hydroxylation sites is 1. The third-order valence-electron chi connectivity index (χ3n) is 10.3. The van der Waals surface area contributed by atoms with E-state index < -0.39 is 21.4 Å². The van der Waals surface area contributed by atoms with Crippen molar-refractivity contribution in [1.29, 1.82) is 0 Å². The second kappa shape index (κ2) is 16.3. The van der Waals surface area contributed by atoms with E-state index in [4.69, 9.17) is 14.2 Å². The van der Waals surface area contributed by atoms with Gasteiger partial charge in [0.05, 0.1) is 47.8 Å². The van der Waals surface area contributed by atoms with E-state index in [2.05, 4.69) is 25.6 Å². The van der Waals surface area contributed by atoms with E-state index in [-0.39, 0.29) is 48.2 Å². The van der Waals surface area contributed by atoms with Gasteiger partial charge in [-0.25, -0.2) is 23.1 Å². The molecule has 0 saturated heterocycles. The third-order valence-corrected chi connectivity index (χ3v) is 12.2. The Hall–Kier alpha value is -4.92. The number of hydrogen-bond acceptors (Lipinski definition) is 10. The summed E-state index contributed by atoms with van der Waals surface area (Å²) in [6, 6.07) is 17.1. The number of rotatable bonds is 13. The molecule has 1 N–H and O–H groups in total. The third kappa shape index (κ3) is 8.57. The van der Waals surface area contributed by atoms with Crippen LogP contribution in [0.4, 0.5) is 5.69 Å². The zero-order valence-electron chi connectivity index (χ0n) is 33.8. The van der Waals surface area contributed by atoms with Crippen molar-refractivity contribution in [2.24, 2.45) is 5.41 Å². The number of hydrogen-bond donors (Lipinski definition) is 1. The average molecular weight is 784 g/mol. The van der Waals surface area contributed by atoms with Crippen LogP contribution in [0.5, 0.6) is 11.8 Å². The van der Waals surface area contributed by atoms with Gasteiger partial charge in [0, 0.05) is 19.0 Å². The monoisotopic (exact) mass is 783 g/mol. The number of nitrogens with zero attached hydrogens (tertiary/aromatic N) is 6. The first-order valence-corrected chi connectivity index (χ1v) is 20.6. The summed E-state index contributed by atoms with van der Waals surface area (Å²) in [5, 5.41) is 11.9. The van der Waals surface area contributed by atoms with Gasteiger partial charge in [-0.2, -0.15) is 4.31 Å². The van der Waals surface area contributed by atoms with Gasteiger partial charge in [0.25, 0.3) is 0 Å². The summed E-state index contributed by atoms with van der Waals surface area (Å²) in [7, 11) is -3.89. The van der Waals surface area contributed by atoms with Crippen LogP contribution in [-0.4, -0.2) is 75.1 Å². The number of carbonyl (C=O) groups excluding carboxylic acids is 1. The number of carbonyl (C=O) groups is 1. The van der Waals surface area contributed by atoms with Crippen LogP contribution < -0.4 is 14.8 Å². The van der Waals surface area contributed by atoms with Crippen LogP contribution in [0.25, 0.3) is 11.0 Å². The number of fused-ring (bicyclic) bond motifs is 2. The number of benzene rings is 3. The molecule has 3 aromatic carbocycles. The van der Waals surface area contributed by atoms with Crippen molar-refractivity contribution in [3.8, 4) is 11.8 Å². The molecular formula is C42H53N7O6S. The molecule has 13 nitrogen and oxygen atoms in total. The standard InChI is InChI=1S/C42H53N7O6S/c1-10-32-26-48(56(51,52)36-15-13-12-14-35(36)55-32)25-30-22-29(17-16-27(30)3)37(33-18-19-34-38(28(33)4)46-47-49(34)11-2)42(8,9)39(50)45-31-23-43-40(44-24-31)53-20-21-54-41(5,6)7/h12-19,22-24,32,37H,10-11,20-21,25-26H2,1-9H3,(H,45,50)/t32-,37?/m1/s1. The fourth-order valence-electron chi connectivity index (χ4n) is 7.11. The molecule has 3 heterocycles. The molecule has 298 valence electrons. The summed E-state index contributed by atoms with van der Waals surface area (Å²) in [6.45, 7) is 19.4. The minimum atomic E-state index is -3.89. The second-order valence-electron chi connectivity index (χ2n) is 15.8. The first-order valence-electron chi connectivity index (χ1n) is 19.1. The van der Waals surface area contributed by atoms with Crippen molar-refractivity contribution in [2.75, 3.05) is 25.1 Å². The predicted octanol–water partition coefficient (Wildman–Crippen LogP) is 7.21. The van der Waals surface area contributed by atoms with Crippen molar-refractivity contribution in [3.05, 3.63) is 94.8 Å². The molecular weight excluding hydrogens is 731 g/mol. The van der Waals surface area contributed by atoms with Gasteiger partial charge in [-0.1, -0.05) is 62.4 Å². The van der Waals surface area contributed by atoms with Crippen molar-refractivity contribution >= 4 is 32.7 Å². The van der Waals surface area contributed by atoms with Crippen LogP contribution in [0, 0.1) is 19.3 Å². The maximum atomic E-state index is 14.5. The zero-order valence-corrected chi connectivity index (χ0v) is 34.6. The van der Waals surface area contributed by atoms with Crippen LogP contribution in [-0.2, 0) is 32.6 Å². The largest absolute Gasteiger partial charge is 0.488 e. The molecule has 0 aliphatic carbocycles. The van der Waals surface area contributed by atoms with Crippen LogP contribution in [0.3, 0.4) is 0 Å². The molecule has 1 aliphatic heterocycles. The number of ether oxygens (including phenoxy) is 3. The maximum absolute atomic E-state index is 14.5. The highest BCUT2D eigenvalue weighted by Crippen LogP contribution is 2.45. The van der Waals surface area contributed by atoms with Crippen molar-refractivity contribution in [2.45, 2.75) is 104 Å². The Morgan fingerprint density at radius 2 is 1.73 bits per heavy atom. The fourth-order valence-corrected chi connectivity index (χ4v) is 8.68. The number of aryl methyl sites for hydroxylation is 3. The molecule has 1 unspecified atom stereocenters. The number of anilines is 1. The summed E-state index contributed by atoms with van der Waals surface area (Å²) in [5.41, 5.74) is 5.17. The van der Waals surface area contributed by atoms with Gasteiger partial charge >= 0.3 is 6.01 Å². The molecule has 0 bridgehead atoms. The zero-order chi connectivity index (χ0) is 40.4. The Kier molecular flexibility index (Phi) is 11.8. The van der Waals surface area contributed by atoms with Gasteiger partial charge in [0.1, 0.15) is 28.9 Å². The molecule has 0 radical (unpaired) electrons. The topological polar surface area (TPSA) is 151 Å². The van der Waals surface area contributed by atoms with Crippen LogP contribution in [0.15, 0.2) is 71.9 Å². The highest BCUT2D eigenvalue weighted by molar-refractivity contribution is 7.89. The van der Waals surface area contributed by atoms with Gasteiger partial charge in [-0.15, -0.1) is 5.10 Å². The number of aromatic nitrogens is 5. The Balaban J connectivity index is 1.35. The first-order chi connectivity index (χ1) is 26.5. The molecule has 2 aromatic heterocycles. The SMILES string of the molecule is CC[C@@H]1CN(Cc2cc(C(c3ccc4c(nnn4CC)c3C)C(C)(C)C(=O)Nc3cnc(OCCOC(C)(C)C)nc3)ccc2C)S(=O)(=O)c2ccccc2O1. The Bertz CT molecular complexity index is 2300. The van der Waals surface area contributed by atoms with E-state index in [9.17, 15) is 13.2 Å². The van der Waals surface area contributed by atoms with E-state index in [1.807, 2.05) is 97.3 Å². The summed E-state index contributed by atoms with van der Waals surface area (Å²) in [4.78, 5) is 23.2. The molecule has 14 heteroatoms. The van der Waals surface area contributed by atoms with Crippen LogP contribution in [0.1, 0.15) is 88.6 Å². The average Bonchev–Trinajstić information content (AvgIpc) is 3.55. The molecule has 1 amide bonds. The Labute approximate surface area is 329 Å². The lowest BCUT2D eigenvalue weighted by atomic mass is 9.69. The molecule has 56 heavy (non-hydrogen) atoms. The smallest absolute Gasteiger partial charge is 0.316 e. The number of sulfonamides is 1. The normalized spacial score (nSPS) is 16.5. The van der Waals surface area contributed by atoms with Gasteiger partial charge < -0.3 is 19.5 Å². The van der Waals surface area contributed by atoms with Crippen molar-refractivity contribution in [1.82, 2.24) is 29.3 Å². The molecule has 0 spiro atoms. The molecule has 1 aliphatic rings. The van der Waals surface area contributed by atoms with Gasteiger partial charge in [-0.05, 0) is 94.0 Å². The quantitative estimate of drug-likeness (QED) is 0.121. The van der Waals surface area contributed by atoms with Gasteiger partial charge in [0.2, 0.25) is 15.9 Å². The van der Waals surface area contributed by atoms with E-state index in [0.29, 0.717) is 31.0 Å². The lowest BCUT2D eigenvalue weighted by molar-refractivity contribution is -0.124. The number of amides is 1. The molecule has 6 rings (SSSR count). The van der Waals surface area contributed by atoms with Gasteiger partial charge in [-0.3, -0.25) is 4.79 Å². The minimum absolute atomic E-state index is 0.131. The van der Waals surface area contributed by atoms with Gasteiger partial charge in [0.15, 0.2) is 0 Å². The molecule has 5 aromatic rings.